The van der Waals surface area contributed by atoms with Crippen molar-refractivity contribution in [2.24, 2.45) is 5.41 Å². The van der Waals surface area contributed by atoms with Gasteiger partial charge in [-0.1, -0.05) is 26.8 Å². The van der Waals surface area contributed by atoms with Crippen LogP contribution in [0.2, 0.25) is 0 Å². The molecule has 0 aliphatic rings. The minimum Gasteiger partial charge on any atom is -0.393 e. The molecule has 0 aliphatic heterocycles. The van der Waals surface area contributed by atoms with E-state index in [4.69, 9.17) is 0 Å². The van der Waals surface area contributed by atoms with E-state index in [0.29, 0.717) is 0 Å². The van der Waals surface area contributed by atoms with E-state index in [1.807, 2.05) is 33.8 Å². The first kappa shape index (κ1) is 14.2. The second kappa shape index (κ2) is 5.63. The number of aliphatic hydroxyl groups is 1. The third kappa shape index (κ3) is 4.47. The van der Waals surface area contributed by atoms with Crippen molar-refractivity contribution in [2.75, 3.05) is 0 Å². The lowest BCUT2D eigenvalue weighted by atomic mass is 9.86. The summed E-state index contributed by atoms with van der Waals surface area (Å²) in [4.78, 5) is 0. The molecule has 0 bridgehead atoms. The fourth-order valence-corrected chi connectivity index (χ4v) is 1.86. The third-order valence-electron chi connectivity index (χ3n) is 3.23. The molecule has 0 saturated carbocycles. The first-order valence-corrected chi connectivity index (χ1v) is 6.24. The Morgan fingerprint density at radius 1 is 1.29 bits per heavy atom. The molecule has 0 radical (unpaired) electrons. The highest BCUT2D eigenvalue weighted by molar-refractivity contribution is 5.26. The maximum absolute atomic E-state index is 12.9. The second-order valence-electron chi connectivity index (χ2n) is 5.84. The molecule has 0 spiro atoms. The molecular formula is C15H23FO. The predicted octanol–water partition coefficient (Wildman–Crippen LogP) is 3.86. The molecule has 96 valence electrons. The monoisotopic (exact) mass is 238 g/mol. The fraction of sp³-hybridized carbons (Fsp3) is 0.600. The largest absolute Gasteiger partial charge is 0.393 e. The van der Waals surface area contributed by atoms with E-state index in [1.54, 1.807) is 6.07 Å². The van der Waals surface area contributed by atoms with E-state index >= 15 is 0 Å². The summed E-state index contributed by atoms with van der Waals surface area (Å²) in [5, 5.41) is 9.92. The molecule has 0 aliphatic carbocycles. The van der Waals surface area contributed by atoms with Gasteiger partial charge in [0.25, 0.3) is 0 Å². The van der Waals surface area contributed by atoms with Crippen LogP contribution in [0.25, 0.3) is 0 Å². The van der Waals surface area contributed by atoms with Gasteiger partial charge in [0.2, 0.25) is 0 Å². The molecule has 0 saturated heterocycles. The van der Waals surface area contributed by atoms with Crippen molar-refractivity contribution < 1.29 is 9.50 Å². The molecule has 0 fully saturated rings. The zero-order valence-corrected chi connectivity index (χ0v) is 11.3. The van der Waals surface area contributed by atoms with Crippen LogP contribution < -0.4 is 0 Å². The predicted molar refractivity (Wildman–Crippen MR) is 69.5 cm³/mol. The topological polar surface area (TPSA) is 20.2 Å². The van der Waals surface area contributed by atoms with Crippen LogP contribution in [-0.2, 0) is 6.42 Å². The van der Waals surface area contributed by atoms with Gasteiger partial charge in [-0.15, -0.1) is 0 Å². The van der Waals surface area contributed by atoms with Crippen LogP contribution in [0.15, 0.2) is 18.2 Å². The Morgan fingerprint density at radius 3 is 2.47 bits per heavy atom. The molecule has 1 nitrogen and oxygen atoms in total. The molecule has 1 unspecified atom stereocenters. The molecule has 1 atom stereocenters. The maximum Gasteiger partial charge on any atom is 0.123 e. The van der Waals surface area contributed by atoms with Gasteiger partial charge in [0.1, 0.15) is 5.82 Å². The van der Waals surface area contributed by atoms with E-state index < -0.39 is 0 Å². The van der Waals surface area contributed by atoms with Crippen molar-refractivity contribution in [1.29, 1.82) is 0 Å². The summed E-state index contributed by atoms with van der Waals surface area (Å²) in [6.07, 6.45) is 2.35. The maximum atomic E-state index is 12.9. The van der Waals surface area contributed by atoms with E-state index in [2.05, 4.69) is 0 Å². The van der Waals surface area contributed by atoms with Gasteiger partial charge < -0.3 is 5.11 Å². The van der Waals surface area contributed by atoms with Crippen LogP contribution in [0.5, 0.6) is 0 Å². The average molecular weight is 238 g/mol. The number of hydrogen-bond donors (Lipinski definition) is 1. The van der Waals surface area contributed by atoms with Crippen molar-refractivity contribution in [2.45, 2.75) is 53.1 Å². The third-order valence-corrected chi connectivity index (χ3v) is 3.23. The second-order valence-corrected chi connectivity index (χ2v) is 5.84. The van der Waals surface area contributed by atoms with Gasteiger partial charge in [-0.3, -0.25) is 0 Å². The Morgan fingerprint density at radius 2 is 1.94 bits per heavy atom. The minimum absolute atomic E-state index is 0.0577. The van der Waals surface area contributed by atoms with Crippen LogP contribution in [0.1, 0.15) is 44.7 Å². The highest BCUT2D eigenvalue weighted by Gasteiger charge is 2.21. The molecule has 1 aromatic rings. The Hall–Kier alpha value is -0.890. The van der Waals surface area contributed by atoms with Gasteiger partial charge in [-0.2, -0.15) is 0 Å². The van der Waals surface area contributed by atoms with Crippen molar-refractivity contribution >= 4 is 0 Å². The molecular weight excluding hydrogens is 215 g/mol. The van der Waals surface area contributed by atoms with E-state index in [9.17, 15) is 9.50 Å². The molecule has 1 aromatic carbocycles. The Kier molecular flexibility index (Phi) is 4.70. The van der Waals surface area contributed by atoms with Crippen molar-refractivity contribution in [3.8, 4) is 0 Å². The summed E-state index contributed by atoms with van der Waals surface area (Å²) in [6, 6.07) is 4.91. The normalized spacial score (nSPS) is 13.8. The van der Waals surface area contributed by atoms with Crippen LogP contribution >= 0.6 is 0 Å². The number of halogens is 1. The molecule has 17 heavy (non-hydrogen) atoms. The van der Waals surface area contributed by atoms with Crippen molar-refractivity contribution in [3.05, 3.63) is 35.1 Å². The zero-order chi connectivity index (χ0) is 13.1. The Labute approximate surface area is 104 Å². The van der Waals surface area contributed by atoms with Gasteiger partial charge >= 0.3 is 0 Å². The van der Waals surface area contributed by atoms with Gasteiger partial charge in [0.05, 0.1) is 6.10 Å². The van der Waals surface area contributed by atoms with Gasteiger partial charge in [0, 0.05) is 0 Å². The highest BCUT2D eigenvalue weighted by atomic mass is 19.1. The van der Waals surface area contributed by atoms with Crippen molar-refractivity contribution in [3.63, 3.8) is 0 Å². The molecule has 2 heteroatoms. The van der Waals surface area contributed by atoms with Crippen LogP contribution in [0.3, 0.4) is 0 Å². The summed E-state index contributed by atoms with van der Waals surface area (Å²) in [5.41, 5.74) is 2.11. The lowest BCUT2D eigenvalue weighted by Gasteiger charge is -2.25. The Balaban J connectivity index is 2.46. The Bertz CT molecular complexity index is 366. The smallest absolute Gasteiger partial charge is 0.123 e. The molecule has 0 amide bonds. The average Bonchev–Trinajstić information content (AvgIpc) is 2.19. The summed E-state index contributed by atoms with van der Waals surface area (Å²) in [7, 11) is 0. The summed E-state index contributed by atoms with van der Waals surface area (Å²) < 4.78 is 12.9. The van der Waals surface area contributed by atoms with Crippen LogP contribution in [-0.4, -0.2) is 11.2 Å². The lowest BCUT2D eigenvalue weighted by Crippen LogP contribution is -2.25. The fourth-order valence-electron chi connectivity index (χ4n) is 1.86. The van der Waals surface area contributed by atoms with E-state index in [-0.39, 0.29) is 17.3 Å². The minimum atomic E-state index is -0.275. The van der Waals surface area contributed by atoms with Gasteiger partial charge in [-0.05, 0) is 54.9 Å². The van der Waals surface area contributed by atoms with E-state index in [0.717, 1.165) is 24.8 Å². The van der Waals surface area contributed by atoms with Crippen molar-refractivity contribution in [1.82, 2.24) is 0 Å². The summed E-state index contributed by atoms with van der Waals surface area (Å²) in [6.45, 7) is 8.06. The number of benzene rings is 1. The van der Waals surface area contributed by atoms with Gasteiger partial charge in [-0.25, -0.2) is 4.39 Å². The highest BCUT2D eigenvalue weighted by Crippen LogP contribution is 2.23. The molecule has 1 rings (SSSR count). The number of aliphatic hydroxyl groups excluding tert-OH is 1. The first-order valence-electron chi connectivity index (χ1n) is 6.24. The van der Waals surface area contributed by atoms with Crippen LogP contribution in [0, 0.1) is 18.2 Å². The number of rotatable bonds is 4. The lowest BCUT2D eigenvalue weighted by molar-refractivity contribution is 0.0540. The molecule has 0 aromatic heterocycles. The SMILES string of the molecule is Cc1cc(F)ccc1CCCC(O)C(C)(C)C. The molecule has 1 N–H and O–H groups in total. The zero-order valence-electron chi connectivity index (χ0n) is 11.3. The van der Waals surface area contributed by atoms with Gasteiger partial charge in [0.15, 0.2) is 0 Å². The van der Waals surface area contributed by atoms with Crippen LogP contribution in [0.4, 0.5) is 4.39 Å². The van der Waals surface area contributed by atoms with E-state index in [1.165, 1.54) is 11.6 Å². The first-order chi connectivity index (χ1) is 7.80. The number of aryl methyl sites for hydroxylation is 2. The molecule has 0 heterocycles. The standard InChI is InChI=1S/C15H23FO/c1-11-10-13(16)9-8-12(11)6-5-7-14(17)15(2,3)4/h8-10,14,17H,5-7H2,1-4H3. The number of hydrogen-bond acceptors (Lipinski definition) is 1. The summed E-state index contributed by atoms with van der Waals surface area (Å²) in [5.74, 6) is -0.180. The quantitative estimate of drug-likeness (QED) is 0.844. The summed E-state index contributed by atoms with van der Waals surface area (Å²) >= 11 is 0.